The molecule has 1 aromatic carbocycles. The summed E-state index contributed by atoms with van der Waals surface area (Å²) in [6.45, 7) is 0.290. The zero-order valence-corrected chi connectivity index (χ0v) is 10.8. The SMILES string of the molecule is O=C1CC(O)CN1c1cc(-c2cccc(Cl)c2)[nH]n1. The highest BCUT2D eigenvalue weighted by molar-refractivity contribution is 6.30. The molecule has 1 atom stereocenters. The molecular formula is C13H12ClN3O2. The second-order valence-corrected chi connectivity index (χ2v) is 4.95. The number of amides is 1. The highest BCUT2D eigenvalue weighted by Crippen LogP contribution is 2.26. The van der Waals surface area contributed by atoms with E-state index in [4.69, 9.17) is 11.6 Å². The van der Waals surface area contributed by atoms with Crippen LogP contribution in [0.1, 0.15) is 6.42 Å². The van der Waals surface area contributed by atoms with Crippen LogP contribution >= 0.6 is 11.6 Å². The van der Waals surface area contributed by atoms with Crippen LogP contribution in [0, 0.1) is 0 Å². The number of halogens is 1. The predicted molar refractivity (Wildman–Crippen MR) is 72.0 cm³/mol. The van der Waals surface area contributed by atoms with Crippen LogP contribution in [-0.4, -0.2) is 33.9 Å². The molecule has 2 heterocycles. The first-order valence-corrected chi connectivity index (χ1v) is 6.31. The number of nitrogens with zero attached hydrogens (tertiary/aromatic N) is 2. The average molecular weight is 278 g/mol. The normalized spacial score (nSPS) is 19.2. The second kappa shape index (κ2) is 4.68. The molecule has 0 bridgehead atoms. The fourth-order valence-electron chi connectivity index (χ4n) is 2.16. The highest BCUT2D eigenvalue weighted by atomic mass is 35.5. The molecule has 0 radical (unpaired) electrons. The maximum Gasteiger partial charge on any atom is 0.230 e. The number of hydrogen-bond acceptors (Lipinski definition) is 3. The Hall–Kier alpha value is -1.85. The number of anilines is 1. The van der Waals surface area contributed by atoms with Gasteiger partial charge in [-0.2, -0.15) is 5.10 Å². The Bertz CT molecular complexity index is 626. The Labute approximate surface area is 114 Å². The van der Waals surface area contributed by atoms with Gasteiger partial charge in [-0.15, -0.1) is 0 Å². The van der Waals surface area contributed by atoms with Gasteiger partial charge in [-0.1, -0.05) is 23.7 Å². The van der Waals surface area contributed by atoms with Crippen LogP contribution in [0.4, 0.5) is 5.82 Å². The minimum Gasteiger partial charge on any atom is -0.391 e. The van der Waals surface area contributed by atoms with Crippen LogP contribution < -0.4 is 4.90 Å². The Kier molecular flexibility index (Phi) is 3.00. The minimum absolute atomic E-state index is 0.114. The summed E-state index contributed by atoms with van der Waals surface area (Å²) in [6, 6.07) is 9.15. The Morgan fingerprint density at radius 1 is 1.42 bits per heavy atom. The van der Waals surface area contributed by atoms with Gasteiger partial charge in [0.25, 0.3) is 0 Å². The van der Waals surface area contributed by atoms with Crippen LogP contribution in [0.5, 0.6) is 0 Å². The summed E-state index contributed by atoms with van der Waals surface area (Å²) in [7, 11) is 0. The summed E-state index contributed by atoms with van der Waals surface area (Å²) in [4.78, 5) is 13.2. The fraction of sp³-hybridized carbons (Fsp3) is 0.231. The molecule has 0 saturated carbocycles. The van der Waals surface area contributed by atoms with Gasteiger partial charge in [-0.3, -0.25) is 14.8 Å². The lowest BCUT2D eigenvalue weighted by molar-refractivity contribution is -0.117. The molecule has 1 amide bonds. The molecule has 1 unspecified atom stereocenters. The van der Waals surface area contributed by atoms with E-state index in [2.05, 4.69) is 10.2 Å². The lowest BCUT2D eigenvalue weighted by Crippen LogP contribution is -2.25. The molecule has 19 heavy (non-hydrogen) atoms. The van der Waals surface area contributed by atoms with E-state index in [1.807, 2.05) is 18.2 Å². The third-order valence-electron chi connectivity index (χ3n) is 3.08. The second-order valence-electron chi connectivity index (χ2n) is 4.51. The molecular weight excluding hydrogens is 266 g/mol. The third kappa shape index (κ3) is 2.34. The molecule has 0 spiro atoms. The van der Waals surface area contributed by atoms with E-state index < -0.39 is 6.10 Å². The number of hydrogen-bond donors (Lipinski definition) is 2. The van der Waals surface area contributed by atoms with Gasteiger partial charge in [-0.25, -0.2) is 0 Å². The lowest BCUT2D eigenvalue weighted by Gasteiger charge is -2.10. The van der Waals surface area contributed by atoms with Gasteiger partial charge < -0.3 is 5.11 Å². The zero-order chi connectivity index (χ0) is 13.4. The summed E-state index contributed by atoms with van der Waals surface area (Å²) in [5.74, 6) is 0.410. The lowest BCUT2D eigenvalue weighted by atomic mass is 10.1. The van der Waals surface area contributed by atoms with Gasteiger partial charge in [0.1, 0.15) is 0 Å². The van der Waals surface area contributed by atoms with Crippen molar-refractivity contribution in [2.45, 2.75) is 12.5 Å². The summed E-state index contributed by atoms with van der Waals surface area (Å²) < 4.78 is 0. The molecule has 98 valence electrons. The molecule has 1 aliphatic heterocycles. The number of carbonyl (C=O) groups is 1. The first-order chi connectivity index (χ1) is 9.13. The molecule has 6 heteroatoms. The van der Waals surface area contributed by atoms with Gasteiger partial charge in [-0.05, 0) is 12.1 Å². The molecule has 3 rings (SSSR count). The first kappa shape index (κ1) is 12.2. The van der Waals surface area contributed by atoms with Crippen molar-refractivity contribution in [1.82, 2.24) is 10.2 Å². The van der Waals surface area contributed by atoms with E-state index in [1.54, 1.807) is 12.1 Å². The molecule has 1 fully saturated rings. The Morgan fingerprint density at radius 2 is 2.26 bits per heavy atom. The Morgan fingerprint density at radius 3 is 2.95 bits per heavy atom. The molecule has 1 saturated heterocycles. The number of aliphatic hydroxyl groups is 1. The number of carbonyl (C=O) groups excluding carboxylic acids is 1. The number of aliphatic hydroxyl groups excluding tert-OH is 1. The van der Waals surface area contributed by atoms with Gasteiger partial charge in [0.2, 0.25) is 5.91 Å². The summed E-state index contributed by atoms with van der Waals surface area (Å²) in [5.41, 5.74) is 1.69. The number of H-pyrrole nitrogens is 1. The fourth-order valence-corrected chi connectivity index (χ4v) is 2.35. The average Bonchev–Trinajstić information content (AvgIpc) is 2.96. The monoisotopic (exact) mass is 277 g/mol. The summed E-state index contributed by atoms with van der Waals surface area (Å²) in [5, 5.41) is 17.1. The van der Waals surface area contributed by atoms with Crippen molar-refractivity contribution in [3.8, 4) is 11.3 Å². The maximum atomic E-state index is 11.7. The Balaban J connectivity index is 1.90. The van der Waals surface area contributed by atoms with Crippen molar-refractivity contribution in [2.75, 3.05) is 11.4 Å². The van der Waals surface area contributed by atoms with Crippen LogP contribution in [0.15, 0.2) is 30.3 Å². The van der Waals surface area contributed by atoms with Crippen molar-refractivity contribution < 1.29 is 9.90 Å². The zero-order valence-electron chi connectivity index (χ0n) is 10.0. The quantitative estimate of drug-likeness (QED) is 0.880. The smallest absolute Gasteiger partial charge is 0.230 e. The predicted octanol–water partition coefficient (Wildman–Crippen LogP) is 1.83. The van der Waals surface area contributed by atoms with Gasteiger partial charge in [0.15, 0.2) is 5.82 Å². The first-order valence-electron chi connectivity index (χ1n) is 5.93. The van der Waals surface area contributed by atoms with Gasteiger partial charge in [0.05, 0.1) is 24.8 Å². The highest BCUT2D eigenvalue weighted by Gasteiger charge is 2.30. The molecule has 2 aromatic rings. The van der Waals surface area contributed by atoms with Crippen LogP contribution in [-0.2, 0) is 4.79 Å². The summed E-state index contributed by atoms with van der Waals surface area (Å²) in [6.07, 6.45) is -0.460. The number of benzene rings is 1. The van der Waals surface area contributed by atoms with Crippen LogP contribution in [0.25, 0.3) is 11.3 Å². The number of aromatic amines is 1. The van der Waals surface area contributed by atoms with Gasteiger partial charge in [0, 0.05) is 16.7 Å². The largest absolute Gasteiger partial charge is 0.391 e. The molecule has 2 N–H and O–H groups in total. The number of β-amino-alcohol motifs (C(OH)–C–C–N with tert-alkyl or cyclic N) is 1. The number of aromatic nitrogens is 2. The van der Waals surface area contributed by atoms with Crippen molar-refractivity contribution >= 4 is 23.3 Å². The van der Waals surface area contributed by atoms with Crippen molar-refractivity contribution in [3.63, 3.8) is 0 Å². The third-order valence-corrected chi connectivity index (χ3v) is 3.32. The van der Waals surface area contributed by atoms with Crippen LogP contribution in [0.2, 0.25) is 5.02 Å². The van der Waals surface area contributed by atoms with Gasteiger partial charge >= 0.3 is 0 Å². The van der Waals surface area contributed by atoms with Crippen molar-refractivity contribution in [2.24, 2.45) is 0 Å². The molecule has 0 aliphatic carbocycles. The van der Waals surface area contributed by atoms with Crippen molar-refractivity contribution in [3.05, 3.63) is 35.4 Å². The van der Waals surface area contributed by atoms with E-state index in [9.17, 15) is 9.90 Å². The number of nitrogens with one attached hydrogen (secondary N) is 1. The van der Waals surface area contributed by atoms with E-state index in [0.29, 0.717) is 17.4 Å². The maximum absolute atomic E-state index is 11.7. The number of rotatable bonds is 2. The van der Waals surface area contributed by atoms with E-state index in [0.717, 1.165) is 11.3 Å². The minimum atomic E-state index is -0.612. The topological polar surface area (TPSA) is 69.2 Å². The molecule has 5 nitrogen and oxygen atoms in total. The standard InChI is InChI=1S/C13H12ClN3O2/c14-9-3-1-2-8(4-9)11-6-12(16-15-11)17-7-10(18)5-13(17)19/h1-4,6,10,18H,5,7H2,(H,15,16). The molecule has 1 aromatic heterocycles. The van der Waals surface area contributed by atoms with E-state index >= 15 is 0 Å². The van der Waals surface area contributed by atoms with Crippen molar-refractivity contribution in [1.29, 1.82) is 0 Å². The molecule has 1 aliphatic rings. The van der Waals surface area contributed by atoms with E-state index in [1.165, 1.54) is 4.90 Å². The van der Waals surface area contributed by atoms with Crippen LogP contribution in [0.3, 0.4) is 0 Å². The van der Waals surface area contributed by atoms with E-state index in [-0.39, 0.29) is 12.3 Å². The summed E-state index contributed by atoms with van der Waals surface area (Å²) >= 11 is 5.94.